The molecule has 1 fully saturated rings. The predicted molar refractivity (Wildman–Crippen MR) is 183 cm³/mol. The molecule has 0 aromatic heterocycles. The third-order valence-corrected chi connectivity index (χ3v) is 9.84. The van der Waals surface area contributed by atoms with Crippen LogP contribution >= 0.6 is 23.2 Å². The lowest BCUT2D eigenvalue weighted by Gasteiger charge is -2.42. The molecule has 2 heterocycles. The van der Waals surface area contributed by atoms with Gasteiger partial charge in [0.2, 0.25) is 11.8 Å². The summed E-state index contributed by atoms with van der Waals surface area (Å²) in [6.07, 6.45) is 1.63. The lowest BCUT2D eigenvalue weighted by molar-refractivity contribution is -0.138. The van der Waals surface area contributed by atoms with Crippen molar-refractivity contribution >= 4 is 35.0 Å². The molecule has 5 rings (SSSR count). The molecule has 1 saturated heterocycles. The van der Waals surface area contributed by atoms with Crippen molar-refractivity contribution in [3.8, 4) is 0 Å². The second-order valence-corrected chi connectivity index (χ2v) is 12.8. The molecule has 0 aliphatic carbocycles. The highest BCUT2D eigenvalue weighted by atomic mass is 35.5. The van der Waals surface area contributed by atoms with E-state index < -0.39 is 6.04 Å². The molecule has 9 heteroatoms. The van der Waals surface area contributed by atoms with Gasteiger partial charge >= 0.3 is 0 Å². The molecular weight excluding hydrogens is 605 g/mol. The third-order valence-electron chi connectivity index (χ3n) is 9.25. The maximum atomic E-state index is 14.1. The van der Waals surface area contributed by atoms with E-state index >= 15 is 0 Å². The molecular formula is C36H45Cl2N5O2. The number of amides is 2. The van der Waals surface area contributed by atoms with E-state index in [0.29, 0.717) is 24.5 Å². The number of benzene rings is 3. The van der Waals surface area contributed by atoms with Gasteiger partial charge in [-0.2, -0.15) is 0 Å². The van der Waals surface area contributed by atoms with Crippen LogP contribution in [-0.4, -0.2) is 84.9 Å². The number of hydrogen-bond donors (Lipinski definition) is 2. The molecule has 3 aromatic carbocycles. The van der Waals surface area contributed by atoms with E-state index in [1.54, 1.807) is 0 Å². The number of hydrogen-bond acceptors (Lipinski definition) is 5. The molecule has 0 spiro atoms. The van der Waals surface area contributed by atoms with Crippen molar-refractivity contribution in [1.29, 1.82) is 0 Å². The molecule has 240 valence electrons. The Morgan fingerprint density at radius 1 is 0.933 bits per heavy atom. The average Bonchev–Trinajstić information content (AvgIpc) is 3.06. The zero-order chi connectivity index (χ0) is 31.8. The molecule has 3 aromatic rings. The zero-order valence-corrected chi connectivity index (χ0v) is 27.9. The van der Waals surface area contributed by atoms with E-state index in [4.69, 9.17) is 23.2 Å². The van der Waals surface area contributed by atoms with E-state index in [1.807, 2.05) is 59.5 Å². The first kappa shape index (κ1) is 33.4. The van der Waals surface area contributed by atoms with Crippen molar-refractivity contribution < 1.29 is 9.59 Å². The fraction of sp³-hybridized carbons (Fsp3) is 0.444. The van der Waals surface area contributed by atoms with E-state index in [2.05, 4.69) is 52.5 Å². The van der Waals surface area contributed by atoms with Gasteiger partial charge in [0.25, 0.3) is 0 Å². The number of rotatable bonds is 12. The van der Waals surface area contributed by atoms with Gasteiger partial charge in [0, 0.05) is 67.7 Å². The van der Waals surface area contributed by atoms with Gasteiger partial charge in [0.05, 0.1) is 0 Å². The number of carbonyl (C=O) groups is 2. The first-order valence-corrected chi connectivity index (χ1v) is 17.0. The van der Waals surface area contributed by atoms with Crippen LogP contribution in [0.2, 0.25) is 10.0 Å². The topological polar surface area (TPSA) is 67.9 Å². The Morgan fingerprint density at radius 3 is 2.33 bits per heavy atom. The Balaban J connectivity index is 1.28. The smallest absolute Gasteiger partial charge is 0.245 e. The highest BCUT2D eigenvalue weighted by Gasteiger charge is 2.33. The maximum Gasteiger partial charge on any atom is 0.245 e. The van der Waals surface area contributed by atoms with Crippen molar-refractivity contribution in [1.82, 2.24) is 25.3 Å². The number of fused-ring (bicyclic) bond motifs is 1. The summed E-state index contributed by atoms with van der Waals surface area (Å²) < 4.78 is 0. The van der Waals surface area contributed by atoms with Crippen LogP contribution in [0.5, 0.6) is 0 Å². The van der Waals surface area contributed by atoms with Gasteiger partial charge in [-0.3, -0.25) is 14.5 Å². The summed E-state index contributed by atoms with van der Waals surface area (Å²) >= 11 is 12.8. The second kappa shape index (κ2) is 16.1. The minimum Gasteiger partial charge on any atom is -0.344 e. The second-order valence-electron chi connectivity index (χ2n) is 12.0. The molecule has 45 heavy (non-hydrogen) atoms. The first-order valence-electron chi connectivity index (χ1n) is 16.2. The Hall–Kier alpha value is -2.94. The lowest BCUT2D eigenvalue weighted by Crippen LogP contribution is -2.56. The van der Waals surface area contributed by atoms with Crippen molar-refractivity contribution in [2.24, 2.45) is 0 Å². The van der Waals surface area contributed by atoms with Crippen LogP contribution in [0.15, 0.2) is 72.8 Å². The number of likely N-dealkylation sites (N-methyl/N-ethyl adjacent to an activating group) is 1. The quantitative estimate of drug-likeness (QED) is 0.270. The third kappa shape index (κ3) is 8.66. The van der Waals surface area contributed by atoms with E-state index in [9.17, 15) is 9.59 Å². The molecule has 3 unspecified atom stereocenters. The predicted octanol–water partition coefficient (Wildman–Crippen LogP) is 5.53. The van der Waals surface area contributed by atoms with Gasteiger partial charge in [0.15, 0.2) is 0 Å². The van der Waals surface area contributed by atoms with Gasteiger partial charge < -0.3 is 20.4 Å². The summed E-state index contributed by atoms with van der Waals surface area (Å²) in [5, 5.41) is 8.03. The Morgan fingerprint density at radius 2 is 1.62 bits per heavy atom. The molecule has 0 bridgehead atoms. The van der Waals surface area contributed by atoms with E-state index in [-0.39, 0.29) is 30.3 Å². The molecule has 2 amide bonds. The van der Waals surface area contributed by atoms with Crippen LogP contribution < -0.4 is 10.6 Å². The lowest BCUT2D eigenvalue weighted by atomic mass is 9.92. The van der Waals surface area contributed by atoms with Crippen molar-refractivity contribution in [2.75, 3.05) is 52.4 Å². The van der Waals surface area contributed by atoms with Gasteiger partial charge in [-0.05, 0) is 66.5 Å². The number of nitrogens with zero attached hydrogens (tertiary/aromatic N) is 3. The van der Waals surface area contributed by atoms with Gasteiger partial charge in [-0.25, -0.2) is 0 Å². The van der Waals surface area contributed by atoms with Crippen LogP contribution in [0.1, 0.15) is 54.6 Å². The Kier molecular flexibility index (Phi) is 11.9. The van der Waals surface area contributed by atoms with E-state index in [0.717, 1.165) is 67.4 Å². The molecule has 7 nitrogen and oxygen atoms in total. The SMILES string of the molecule is CCN(CC)CC(c1ccccc1Cl)N1CCN(C(=O)C(Cc2ccc(Cl)cc2)NC(=O)CC2NCCc3ccccc32)CC1. The van der Waals surface area contributed by atoms with Crippen LogP contribution in [0.4, 0.5) is 0 Å². The van der Waals surface area contributed by atoms with Crippen LogP contribution in [0.25, 0.3) is 0 Å². The van der Waals surface area contributed by atoms with Gasteiger partial charge in [0.1, 0.15) is 6.04 Å². The summed E-state index contributed by atoms with van der Waals surface area (Å²) in [4.78, 5) is 34.3. The number of halogens is 2. The molecule has 3 atom stereocenters. The van der Waals surface area contributed by atoms with Crippen molar-refractivity contribution in [2.45, 2.75) is 51.2 Å². The Bertz CT molecular complexity index is 1420. The minimum atomic E-state index is -0.668. The summed E-state index contributed by atoms with van der Waals surface area (Å²) in [5.74, 6) is -0.179. The van der Waals surface area contributed by atoms with Crippen LogP contribution in [-0.2, 0) is 22.4 Å². The fourth-order valence-corrected chi connectivity index (χ4v) is 7.01. The molecule has 2 N–H and O–H groups in total. The zero-order valence-electron chi connectivity index (χ0n) is 26.4. The largest absolute Gasteiger partial charge is 0.344 e. The molecule has 0 radical (unpaired) electrons. The van der Waals surface area contributed by atoms with Crippen LogP contribution in [0, 0.1) is 0 Å². The normalized spacial score (nSPS) is 18.3. The fourth-order valence-electron chi connectivity index (χ4n) is 6.63. The molecule has 2 aliphatic rings. The summed E-state index contributed by atoms with van der Waals surface area (Å²) in [7, 11) is 0. The minimum absolute atomic E-state index is 0.0482. The molecule has 2 aliphatic heterocycles. The Labute approximate surface area is 277 Å². The molecule has 0 saturated carbocycles. The summed E-state index contributed by atoms with van der Waals surface area (Å²) in [6.45, 7) is 10.6. The average molecular weight is 651 g/mol. The van der Waals surface area contributed by atoms with Crippen LogP contribution in [0.3, 0.4) is 0 Å². The highest BCUT2D eigenvalue weighted by Crippen LogP contribution is 2.30. The standard InChI is InChI=1S/C36H45Cl2N5O2/c1-3-41(4-2)25-34(30-11-7-8-12-31(30)38)42-19-21-43(22-20-42)36(45)33(23-26-13-15-28(37)16-14-26)40-35(44)24-32-29-10-6-5-9-27(29)17-18-39-32/h5-16,32-34,39H,3-4,17-25H2,1-2H3,(H,40,44). The van der Waals surface area contributed by atoms with Crippen molar-refractivity contribution in [3.63, 3.8) is 0 Å². The number of nitrogens with one attached hydrogen (secondary N) is 2. The number of piperazine rings is 1. The van der Waals surface area contributed by atoms with Gasteiger partial charge in [-0.1, -0.05) is 91.6 Å². The van der Waals surface area contributed by atoms with Gasteiger partial charge in [-0.15, -0.1) is 0 Å². The van der Waals surface area contributed by atoms with Crippen molar-refractivity contribution in [3.05, 3.63) is 105 Å². The highest BCUT2D eigenvalue weighted by molar-refractivity contribution is 6.31. The summed E-state index contributed by atoms with van der Waals surface area (Å²) in [5.41, 5.74) is 4.51. The summed E-state index contributed by atoms with van der Waals surface area (Å²) in [6, 6.07) is 23.3. The monoisotopic (exact) mass is 649 g/mol. The first-order chi connectivity index (χ1) is 21.9. The number of carbonyl (C=O) groups excluding carboxylic acids is 2. The maximum absolute atomic E-state index is 14.1. The van der Waals surface area contributed by atoms with E-state index in [1.165, 1.54) is 5.56 Å².